The number of halogens is 1. The first-order chi connectivity index (χ1) is 11.1. The van der Waals surface area contributed by atoms with Crippen LogP contribution in [0.3, 0.4) is 0 Å². The maximum absolute atomic E-state index is 13.9. The predicted octanol–water partition coefficient (Wildman–Crippen LogP) is 3.74. The van der Waals surface area contributed by atoms with E-state index in [1.54, 1.807) is 17.8 Å². The van der Waals surface area contributed by atoms with Gasteiger partial charge < -0.3 is 10.2 Å². The van der Waals surface area contributed by atoms with Crippen molar-refractivity contribution in [2.75, 3.05) is 18.8 Å². The summed E-state index contributed by atoms with van der Waals surface area (Å²) >= 11 is 1.55. The number of benzene rings is 1. The number of amides is 1. The normalized spacial score (nSPS) is 25.0. The third-order valence-corrected chi connectivity index (χ3v) is 6.09. The van der Waals surface area contributed by atoms with Crippen molar-refractivity contribution in [3.63, 3.8) is 0 Å². The van der Waals surface area contributed by atoms with E-state index >= 15 is 0 Å². The number of thioether (sulfide) groups is 1. The number of nitrogens with zero attached hydrogens (tertiary/aromatic N) is 1. The fourth-order valence-electron chi connectivity index (χ4n) is 3.54. The van der Waals surface area contributed by atoms with E-state index in [1.165, 1.54) is 25.3 Å². The molecule has 2 atom stereocenters. The lowest BCUT2D eigenvalue weighted by Gasteiger charge is -2.33. The minimum atomic E-state index is -0.173. The Morgan fingerprint density at radius 2 is 2.26 bits per heavy atom. The van der Waals surface area contributed by atoms with Crippen LogP contribution in [0.1, 0.15) is 50.6 Å². The summed E-state index contributed by atoms with van der Waals surface area (Å²) in [5.41, 5.74) is 0.931. The zero-order valence-corrected chi connectivity index (χ0v) is 14.5. The van der Waals surface area contributed by atoms with E-state index in [2.05, 4.69) is 17.1 Å². The Hall–Kier alpha value is -1.07. The Morgan fingerprint density at radius 3 is 3.09 bits per heavy atom. The lowest BCUT2D eigenvalue weighted by molar-refractivity contribution is -0.122. The summed E-state index contributed by atoms with van der Waals surface area (Å²) < 4.78 is 13.9. The number of hydrogen-bond donors (Lipinski definition) is 1. The molecule has 0 radical (unpaired) electrons. The van der Waals surface area contributed by atoms with Crippen molar-refractivity contribution < 1.29 is 9.18 Å². The van der Waals surface area contributed by atoms with Crippen LogP contribution in [0, 0.1) is 5.82 Å². The van der Waals surface area contributed by atoms with Gasteiger partial charge in [-0.2, -0.15) is 0 Å². The van der Waals surface area contributed by atoms with E-state index in [9.17, 15) is 9.18 Å². The Labute approximate surface area is 142 Å². The fraction of sp³-hybridized carbons (Fsp3) is 0.611. The van der Waals surface area contributed by atoms with Crippen LogP contribution >= 0.6 is 11.8 Å². The third kappa shape index (κ3) is 4.07. The van der Waals surface area contributed by atoms with Crippen molar-refractivity contribution in [3.8, 4) is 0 Å². The molecule has 126 valence electrons. The van der Waals surface area contributed by atoms with Crippen molar-refractivity contribution in [1.82, 2.24) is 10.2 Å². The molecule has 1 amide bonds. The van der Waals surface area contributed by atoms with Crippen molar-refractivity contribution in [3.05, 3.63) is 29.6 Å². The van der Waals surface area contributed by atoms with Gasteiger partial charge in [-0.3, -0.25) is 4.79 Å². The van der Waals surface area contributed by atoms with Gasteiger partial charge in [-0.25, -0.2) is 4.39 Å². The number of rotatable bonds is 4. The van der Waals surface area contributed by atoms with Gasteiger partial charge in [0.05, 0.1) is 6.04 Å². The molecule has 0 aliphatic carbocycles. The second-order valence-corrected chi connectivity index (χ2v) is 7.65. The lowest BCUT2D eigenvalue weighted by atomic mass is 10.0. The monoisotopic (exact) mass is 336 g/mol. The molecule has 0 aromatic heterocycles. The van der Waals surface area contributed by atoms with Crippen LogP contribution in [-0.4, -0.2) is 35.7 Å². The molecule has 0 bridgehead atoms. The average Bonchev–Trinajstić information content (AvgIpc) is 2.55. The Bertz CT molecular complexity index is 566. The molecule has 0 unspecified atom stereocenters. The van der Waals surface area contributed by atoms with Crippen molar-refractivity contribution in [2.45, 2.75) is 56.0 Å². The number of carbonyl (C=O) groups is 1. The molecule has 5 heteroatoms. The first kappa shape index (κ1) is 16.8. The highest BCUT2D eigenvalue weighted by atomic mass is 32.2. The standard InChI is InChI=1S/C18H25FN2OS/c1-13-5-2-3-10-21(13)11-8-17(22)20-16-9-12-23-18-14(16)6-4-7-15(18)19/h4,6-7,13,16H,2-3,5,8-12H2,1H3,(H,20,22)/t13-,16-/m1/s1. The summed E-state index contributed by atoms with van der Waals surface area (Å²) in [5, 5.41) is 3.11. The first-order valence-electron chi connectivity index (χ1n) is 8.60. The summed E-state index contributed by atoms with van der Waals surface area (Å²) in [5.74, 6) is 0.755. The van der Waals surface area contributed by atoms with Crippen LogP contribution < -0.4 is 5.32 Å². The molecule has 1 N–H and O–H groups in total. The number of carbonyl (C=O) groups excluding carboxylic acids is 1. The van der Waals surface area contributed by atoms with E-state index in [-0.39, 0.29) is 17.8 Å². The number of hydrogen-bond acceptors (Lipinski definition) is 3. The summed E-state index contributed by atoms with van der Waals surface area (Å²) in [7, 11) is 0. The largest absolute Gasteiger partial charge is 0.349 e. The van der Waals surface area contributed by atoms with Crippen molar-refractivity contribution >= 4 is 17.7 Å². The zero-order valence-electron chi connectivity index (χ0n) is 13.7. The van der Waals surface area contributed by atoms with E-state index in [1.807, 2.05) is 6.07 Å². The highest BCUT2D eigenvalue weighted by Crippen LogP contribution is 2.37. The quantitative estimate of drug-likeness (QED) is 0.909. The van der Waals surface area contributed by atoms with E-state index in [4.69, 9.17) is 0 Å². The lowest BCUT2D eigenvalue weighted by Crippen LogP contribution is -2.40. The van der Waals surface area contributed by atoms with Gasteiger partial charge in [0.2, 0.25) is 5.91 Å². The Morgan fingerprint density at radius 1 is 1.39 bits per heavy atom. The summed E-state index contributed by atoms with van der Waals surface area (Å²) in [6.45, 7) is 4.17. The molecule has 2 heterocycles. The molecule has 3 rings (SSSR count). The number of nitrogens with one attached hydrogen (secondary N) is 1. The van der Waals surface area contributed by atoms with Crippen LogP contribution in [0.5, 0.6) is 0 Å². The third-order valence-electron chi connectivity index (χ3n) is 4.93. The Kier molecular flexibility index (Phi) is 5.59. The molecule has 1 aromatic rings. The van der Waals surface area contributed by atoms with E-state index in [0.717, 1.165) is 30.8 Å². The highest BCUT2D eigenvalue weighted by Gasteiger charge is 2.25. The van der Waals surface area contributed by atoms with Gasteiger partial charge in [-0.15, -0.1) is 11.8 Å². The molecule has 1 fully saturated rings. The topological polar surface area (TPSA) is 32.3 Å². The van der Waals surface area contributed by atoms with Crippen LogP contribution in [0.2, 0.25) is 0 Å². The SMILES string of the molecule is C[C@@H]1CCCCN1CCC(=O)N[C@@H]1CCSc2c(F)cccc21. The van der Waals surface area contributed by atoms with Crippen molar-refractivity contribution in [2.24, 2.45) is 0 Å². The van der Waals surface area contributed by atoms with Gasteiger partial charge in [0.15, 0.2) is 0 Å². The smallest absolute Gasteiger partial charge is 0.221 e. The Balaban J connectivity index is 1.56. The molecular formula is C18H25FN2OS. The van der Waals surface area contributed by atoms with Crippen LogP contribution in [-0.2, 0) is 4.79 Å². The second-order valence-electron chi connectivity index (χ2n) is 6.55. The second kappa shape index (κ2) is 7.67. The molecule has 0 spiro atoms. The summed E-state index contributed by atoms with van der Waals surface area (Å²) in [4.78, 5) is 15.4. The number of fused-ring (bicyclic) bond motifs is 1. The van der Waals surface area contributed by atoms with E-state index < -0.39 is 0 Å². The minimum absolute atomic E-state index is 0.0479. The van der Waals surface area contributed by atoms with Gasteiger partial charge in [0, 0.05) is 29.7 Å². The van der Waals surface area contributed by atoms with Gasteiger partial charge in [-0.05, 0) is 44.4 Å². The van der Waals surface area contributed by atoms with Gasteiger partial charge in [0.25, 0.3) is 0 Å². The molecule has 23 heavy (non-hydrogen) atoms. The maximum Gasteiger partial charge on any atom is 0.221 e. The number of piperidine rings is 1. The summed E-state index contributed by atoms with van der Waals surface area (Å²) in [6.07, 6.45) is 5.16. The minimum Gasteiger partial charge on any atom is -0.349 e. The van der Waals surface area contributed by atoms with Gasteiger partial charge in [0.1, 0.15) is 5.82 Å². The van der Waals surface area contributed by atoms with Gasteiger partial charge in [-0.1, -0.05) is 18.6 Å². The highest BCUT2D eigenvalue weighted by molar-refractivity contribution is 7.99. The predicted molar refractivity (Wildman–Crippen MR) is 92.1 cm³/mol. The molecule has 0 saturated carbocycles. The van der Waals surface area contributed by atoms with Crippen molar-refractivity contribution in [1.29, 1.82) is 0 Å². The summed E-state index contributed by atoms with van der Waals surface area (Å²) in [6, 6.07) is 5.69. The van der Waals surface area contributed by atoms with Crippen LogP contribution in [0.15, 0.2) is 23.1 Å². The molecule has 2 aliphatic rings. The van der Waals surface area contributed by atoms with Crippen LogP contribution in [0.25, 0.3) is 0 Å². The number of likely N-dealkylation sites (tertiary alicyclic amines) is 1. The van der Waals surface area contributed by atoms with Crippen LogP contribution in [0.4, 0.5) is 4.39 Å². The molecular weight excluding hydrogens is 311 g/mol. The molecule has 1 aromatic carbocycles. The average molecular weight is 336 g/mol. The molecule has 2 aliphatic heterocycles. The fourth-order valence-corrected chi connectivity index (χ4v) is 4.68. The molecule has 1 saturated heterocycles. The van der Waals surface area contributed by atoms with Gasteiger partial charge >= 0.3 is 0 Å². The first-order valence-corrected chi connectivity index (χ1v) is 9.58. The zero-order chi connectivity index (χ0) is 16.2. The van der Waals surface area contributed by atoms with E-state index in [0.29, 0.717) is 17.4 Å². The molecule has 3 nitrogen and oxygen atoms in total. The maximum atomic E-state index is 13.9.